The van der Waals surface area contributed by atoms with Crippen LogP contribution in [0.25, 0.3) is 93.2 Å². The minimum atomic E-state index is 0.651. The standard InChI is InChI=1S/C44H27N5S/c1-4-15-28(16-5-1)35-27-36(46-43(45-35)30-19-8-3-9-20-30)33-23-14-24-34-40-42(50-41(33)34)39(29-17-6-2-7-18-29)47-44(48-40)49-37-25-12-10-21-31(37)32-22-11-13-26-38(32)49/h1-27H. The molecule has 0 bridgehead atoms. The van der Waals surface area contributed by atoms with E-state index >= 15 is 0 Å². The first kappa shape index (κ1) is 28.5. The maximum Gasteiger partial charge on any atom is 0.235 e. The summed E-state index contributed by atoms with van der Waals surface area (Å²) in [6.45, 7) is 0. The summed E-state index contributed by atoms with van der Waals surface area (Å²) in [7, 11) is 0. The molecule has 0 aliphatic heterocycles. The molecule has 10 rings (SSSR count). The Morgan fingerprint density at radius 3 is 1.66 bits per heavy atom. The van der Waals surface area contributed by atoms with Crippen LogP contribution < -0.4 is 0 Å². The number of benzene rings is 6. The van der Waals surface area contributed by atoms with Crippen molar-refractivity contribution in [2.45, 2.75) is 0 Å². The second-order valence-corrected chi connectivity index (χ2v) is 13.3. The predicted octanol–water partition coefficient (Wildman–Crippen LogP) is 11.4. The molecule has 10 aromatic rings. The number of para-hydroxylation sites is 2. The van der Waals surface area contributed by atoms with Crippen molar-refractivity contribution < 1.29 is 0 Å². The summed E-state index contributed by atoms with van der Waals surface area (Å²) in [4.78, 5) is 21.0. The Hall–Kier alpha value is -6.50. The molecule has 0 aliphatic rings. The minimum absolute atomic E-state index is 0.651. The average molecular weight is 658 g/mol. The van der Waals surface area contributed by atoms with E-state index in [-0.39, 0.29) is 0 Å². The Morgan fingerprint density at radius 1 is 0.420 bits per heavy atom. The van der Waals surface area contributed by atoms with Gasteiger partial charge in [0.2, 0.25) is 5.95 Å². The van der Waals surface area contributed by atoms with E-state index in [0.29, 0.717) is 11.8 Å². The van der Waals surface area contributed by atoms with Gasteiger partial charge in [-0.3, -0.25) is 4.57 Å². The second kappa shape index (κ2) is 11.6. The van der Waals surface area contributed by atoms with Crippen molar-refractivity contribution >= 4 is 53.4 Å². The smallest absolute Gasteiger partial charge is 0.235 e. The van der Waals surface area contributed by atoms with E-state index in [1.54, 1.807) is 11.3 Å². The summed E-state index contributed by atoms with van der Waals surface area (Å²) in [5.41, 5.74) is 9.86. The van der Waals surface area contributed by atoms with Crippen LogP contribution in [0, 0.1) is 0 Å². The maximum absolute atomic E-state index is 5.39. The average Bonchev–Trinajstić information content (AvgIpc) is 3.74. The molecular weight excluding hydrogens is 631 g/mol. The molecule has 4 aromatic heterocycles. The molecule has 0 spiro atoms. The monoisotopic (exact) mass is 657 g/mol. The predicted molar refractivity (Wildman–Crippen MR) is 207 cm³/mol. The molecule has 0 fully saturated rings. The molecule has 5 nitrogen and oxygen atoms in total. The zero-order valence-electron chi connectivity index (χ0n) is 26.7. The summed E-state index contributed by atoms with van der Waals surface area (Å²) in [5.74, 6) is 1.34. The van der Waals surface area contributed by atoms with Gasteiger partial charge in [-0.05, 0) is 18.2 Å². The topological polar surface area (TPSA) is 56.5 Å². The van der Waals surface area contributed by atoms with Crippen molar-refractivity contribution in [3.8, 4) is 51.1 Å². The molecule has 0 radical (unpaired) electrons. The highest BCUT2D eigenvalue weighted by Crippen LogP contribution is 2.43. The van der Waals surface area contributed by atoms with E-state index < -0.39 is 0 Å². The maximum atomic E-state index is 5.39. The third kappa shape index (κ3) is 4.61. The summed E-state index contributed by atoms with van der Waals surface area (Å²) in [6.07, 6.45) is 0. The quantitative estimate of drug-likeness (QED) is 0.185. The van der Waals surface area contributed by atoms with Gasteiger partial charge in [-0.2, -0.15) is 0 Å². The first-order valence-corrected chi connectivity index (χ1v) is 17.4. The van der Waals surface area contributed by atoms with E-state index in [1.807, 2.05) is 42.5 Å². The number of thiophene rings is 1. The number of hydrogen-bond acceptors (Lipinski definition) is 5. The van der Waals surface area contributed by atoms with E-state index in [4.69, 9.17) is 19.9 Å². The van der Waals surface area contributed by atoms with Crippen molar-refractivity contribution in [1.29, 1.82) is 0 Å². The van der Waals surface area contributed by atoms with Crippen LogP contribution in [0.2, 0.25) is 0 Å². The van der Waals surface area contributed by atoms with Crippen LogP contribution in [-0.4, -0.2) is 24.5 Å². The fourth-order valence-electron chi connectivity index (χ4n) is 6.94. The van der Waals surface area contributed by atoms with Crippen LogP contribution in [0.3, 0.4) is 0 Å². The number of rotatable bonds is 5. The lowest BCUT2D eigenvalue weighted by Crippen LogP contribution is -2.02. The highest BCUT2D eigenvalue weighted by Gasteiger charge is 2.22. The number of nitrogens with zero attached hydrogens (tertiary/aromatic N) is 5. The van der Waals surface area contributed by atoms with Gasteiger partial charge in [-0.15, -0.1) is 11.3 Å². The summed E-state index contributed by atoms with van der Waals surface area (Å²) < 4.78 is 4.36. The first-order valence-electron chi connectivity index (χ1n) is 16.6. The van der Waals surface area contributed by atoms with Gasteiger partial charge >= 0.3 is 0 Å². The Morgan fingerprint density at radius 2 is 0.980 bits per heavy atom. The van der Waals surface area contributed by atoms with Crippen molar-refractivity contribution in [2.24, 2.45) is 0 Å². The van der Waals surface area contributed by atoms with Gasteiger partial charge in [0.05, 0.1) is 38.3 Å². The van der Waals surface area contributed by atoms with Crippen LogP contribution in [0.15, 0.2) is 164 Å². The molecule has 0 unspecified atom stereocenters. The molecular formula is C44H27N5S. The molecule has 6 aromatic carbocycles. The van der Waals surface area contributed by atoms with Gasteiger partial charge in [0.25, 0.3) is 0 Å². The summed E-state index contributed by atoms with van der Waals surface area (Å²) in [5, 5.41) is 3.43. The molecule has 50 heavy (non-hydrogen) atoms. The minimum Gasteiger partial charge on any atom is -0.278 e. The normalized spacial score (nSPS) is 11.6. The highest BCUT2D eigenvalue weighted by molar-refractivity contribution is 7.26. The van der Waals surface area contributed by atoms with Crippen LogP contribution in [0.5, 0.6) is 0 Å². The molecule has 0 aliphatic carbocycles. The Bertz CT molecular complexity index is 2750. The number of hydrogen-bond donors (Lipinski definition) is 0. The lowest BCUT2D eigenvalue weighted by atomic mass is 10.0. The third-order valence-electron chi connectivity index (χ3n) is 9.26. The SMILES string of the molecule is c1ccc(-c2cc(-c3cccc4c3sc3c(-c5ccccc5)nc(-n5c6ccccc6c6ccccc65)nc34)nc(-c3ccccc3)n2)cc1. The van der Waals surface area contributed by atoms with Crippen LogP contribution in [0.4, 0.5) is 0 Å². The third-order valence-corrected chi connectivity index (χ3v) is 10.5. The van der Waals surface area contributed by atoms with Gasteiger partial charge < -0.3 is 0 Å². The Balaban J connectivity index is 1.26. The summed E-state index contributed by atoms with van der Waals surface area (Å²) in [6, 6.07) is 56.5. The number of fused-ring (bicyclic) bond motifs is 6. The van der Waals surface area contributed by atoms with Crippen molar-refractivity contribution in [3.05, 3.63) is 164 Å². The Kier molecular flexibility index (Phi) is 6.60. The van der Waals surface area contributed by atoms with Crippen LogP contribution in [-0.2, 0) is 0 Å². The molecule has 0 saturated heterocycles. The molecule has 4 heterocycles. The molecule has 234 valence electrons. The van der Waals surface area contributed by atoms with E-state index in [1.165, 1.54) is 10.8 Å². The van der Waals surface area contributed by atoms with E-state index in [9.17, 15) is 0 Å². The van der Waals surface area contributed by atoms with E-state index in [0.717, 1.165) is 70.7 Å². The van der Waals surface area contributed by atoms with Gasteiger partial charge in [0.1, 0.15) is 0 Å². The fourth-order valence-corrected chi connectivity index (χ4v) is 8.22. The van der Waals surface area contributed by atoms with Crippen LogP contribution >= 0.6 is 11.3 Å². The second-order valence-electron chi connectivity index (χ2n) is 12.3. The van der Waals surface area contributed by atoms with Gasteiger partial charge in [-0.25, -0.2) is 19.9 Å². The van der Waals surface area contributed by atoms with Crippen LogP contribution in [0.1, 0.15) is 0 Å². The van der Waals surface area contributed by atoms with Gasteiger partial charge in [-0.1, -0.05) is 146 Å². The fraction of sp³-hybridized carbons (Fsp3) is 0. The van der Waals surface area contributed by atoms with Gasteiger partial charge in [0, 0.05) is 43.1 Å². The largest absolute Gasteiger partial charge is 0.278 e. The molecule has 0 amide bonds. The lowest BCUT2D eigenvalue weighted by molar-refractivity contribution is 1.02. The first-order chi connectivity index (χ1) is 24.8. The van der Waals surface area contributed by atoms with Crippen molar-refractivity contribution in [3.63, 3.8) is 0 Å². The van der Waals surface area contributed by atoms with Crippen molar-refractivity contribution in [1.82, 2.24) is 24.5 Å². The van der Waals surface area contributed by atoms with Crippen molar-refractivity contribution in [2.75, 3.05) is 0 Å². The summed E-state index contributed by atoms with van der Waals surface area (Å²) >= 11 is 1.73. The zero-order chi connectivity index (χ0) is 33.0. The van der Waals surface area contributed by atoms with Gasteiger partial charge in [0.15, 0.2) is 5.82 Å². The molecule has 0 N–H and O–H groups in total. The highest BCUT2D eigenvalue weighted by atomic mass is 32.1. The molecule has 6 heteroatoms. The molecule has 0 saturated carbocycles. The lowest BCUT2D eigenvalue weighted by Gasteiger charge is -2.10. The zero-order valence-corrected chi connectivity index (χ0v) is 27.5. The number of aromatic nitrogens is 5. The molecule has 0 atom stereocenters. The Labute approximate surface area is 291 Å². The van der Waals surface area contributed by atoms with E-state index in [2.05, 4.69) is 126 Å².